The van der Waals surface area contributed by atoms with E-state index in [0.29, 0.717) is 9.26 Å². The molecule has 0 aromatic carbocycles. The zero-order valence-corrected chi connectivity index (χ0v) is 7.55. The summed E-state index contributed by atoms with van der Waals surface area (Å²) >= 11 is 1.93. The van der Waals surface area contributed by atoms with E-state index in [9.17, 15) is 8.78 Å². The Balaban J connectivity index is 3.05. The Morgan fingerprint density at radius 1 is 1.55 bits per heavy atom. The molecule has 11 heavy (non-hydrogen) atoms. The first-order valence-electron chi connectivity index (χ1n) is 2.80. The highest BCUT2D eigenvalue weighted by atomic mass is 127. The molecule has 1 rings (SSSR count). The lowest BCUT2D eigenvalue weighted by atomic mass is 10.3. The van der Waals surface area contributed by atoms with E-state index in [2.05, 4.69) is 4.98 Å². The molecule has 0 saturated heterocycles. The highest BCUT2D eigenvalue weighted by molar-refractivity contribution is 14.1. The molecule has 0 aliphatic rings. The van der Waals surface area contributed by atoms with Gasteiger partial charge in [0.2, 0.25) is 0 Å². The molecule has 0 radical (unpaired) electrons. The second kappa shape index (κ2) is 3.29. The van der Waals surface area contributed by atoms with Crippen LogP contribution < -0.4 is 5.73 Å². The van der Waals surface area contributed by atoms with Crippen LogP contribution in [0.3, 0.4) is 0 Å². The highest BCUT2D eigenvalue weighted by Gasteiger charge is 2.09. The van der Waals surface area contributed by atoms with Gasteiger partial charge in [-0.15, -0.1) is 0 Å². The van der Waals surface area contributed by atoms with E-state index in [1.165, 1.54) is 12.3 Å². The Labute approximate surface area is 75.9 Å². The summed E-state index contributed by atoms with van der Waals surface area (Å²) in [6, 6.07) is 1.19. The lowest BCUT2D eigenvalue weighted by Crippen LogP contribution is -1.95. The molecule has 0 amide bonds. The predicted molar refractivity (Wildman–Crippen MR) is 46.3 cm³/mol. The third-order valence-corrected chi connectivity index (χ3v) is 2.03. The van der Waals surface area contributed by atoms with E-state index in [0.717, 1.165) is 0 Å². The summed E-state index contributed by atoms with van der Waals surface area (Å²) in [6.45, 7) is 0. The van der Waals surface area contributed by atoms with Gasteiger partial charge >= 0.3 is 0 Å². The van der Waals surface area contributed by atoms with Crippen molar-refractivity contribution in [2.75, 3.05) is 5.73 Å². The van der Waals surface area contributed by atoms with Crippen LogP contribution in [0.4, 0.5) is 14.5 Å². The second-order valence-electron chi connectivity index (χ2n) is 1.93. The largest absolute Gasteiger partial charge is 0.398 e. The molecule has 0 bridgehead atoms. The maximum absolute atomic E-state index is 12.0. The Hall–Kier alpha value is -0.460. The Bertz CT molecular complexity index is 265. The molecule has 0 aliphatic heterocycles. The normalized spacial score (nSPS) is 10.5. The maximum Gasteiger partial charge on any atom is 0.280 e. The first-order valence-corrected chi connectivity index (χ1v) is 3.88. The van der Waals surface area contributed by atoms with Gasteiger partial charge in [-0.05, 0) is 28.7 Å². The van der Waals surface area contributed by atoms with Gasteiger partial charge in [-0.2, -0.15) is 0 Å². The molecule has 0 unspecified atom stereocenters. The number of anilines is 1. The summed E-state index contributed by atoms with van der Waals surface area (Å²) in [5, 5.41) is 0. The van der Waals surface area contributed by atoms with E-state index >= 15 is 0 Å². The van der Waals surface area contributed by atoms with Gasteiger partial charge < -0.3 is 5.73 Å². The Morgan fingerprint density at radius 2 is 2.18 bits per heavy atom. The van der Waals surface area contributed by atoms with Crippen LogP contribution in [-0.4, -0.2) is 4.98 Å². The zero-order valence-electron chi connectivity index (χ0n) is 5.39. The number of halogens is 3. The molecule has 0 atom stereocenters. The summed E-state index contributed by atoms with van der Waals surface area (Å²) in [7, 11) is 0. The zero-order chi connectivity index (χ0) is 8.43. The molecule has 0 aliphatic carbocycles. The molecule has 1 aromatic rings. The fourth-order valence-electron chi connectivity index (χ4n) is 0.591. The number of rotatable bonds is 1. The van der Waals surface area contributed by atoms with Crippen molar-refractivity contribution in [2.45, 2.75) is 6.43 Å². The molecular formula is C6H5F2IN2. The quantitative estimate of drug-likeness (QED) is 0.794. The summed E-state index contributed by atoms with van der Waals surface area (Å²) in [4.78, 5) is 3.50. The molecule has 0 saturated carbocycles. The van der Waals surface area contributed by atoms with Gasteiger partial charge in [-0.3, -0.25) is 4.98 Å². The molecular weight excluding hydrogens is 265 g/mol. The lowest BCUT2D eigenvalue weighted by Gasteiger charge is -2.00. The first-order chi connectivity index (χ1) is 5.11. The van der Waals surface area contributed by atoms with Crippen molar-refractivity contribution in [1.82, 2.24) is 4.98 Å². The van der Waals surface area contributed by atoms with E-state index in [-0.39, 0.29) is 5.69 Å². The van der Waals surface area contributed by atoms with Crippen LogP contribution in [-0.2, 0) is 0 Å². The maximum atomic E-state index is 12.0. The lowest BCUT2D eigenvalue weighted by molar-refractivity contribution is 0.146. The van der Waals surface area contributed by atoms with E-state index in [1.807, 2.05) is 22.6 Å². The number of aromatic nitrogens is 1. The van der Waals surface area contributed by atoms with Crippen LogP contribution in [0.15, 0.2) is 12.3 Å². The van der Waals surface area contributed by atoms with Gasteiger partial charge in [-0.1, -0.05) is 0 Å². The molecule has 1 aromatic heterocycles. The molecule has 1 heterocycles. The second-order valence-corrected chi connectivity index (χ2v) is 3.09. The smallest absolute Gasteiger partial charge is 0.280 e. The average molecular weight is 270 g/mol. The number of nitrogens with zero attached hydrogens (tertiary/aromatic N) is 1. The first kappa shape index (κ1) is 8.63. The van der Waals surface area contributed by atoms with Gasteiger partial charge in [0.25, 0.3) is 6.43 Å². The monoisotopic (exact) mass is 270 g/mol. The van der Waals surface area contributed by atoms with E-state index < -0.39 is 6.43 Å². The number of nitrogen functional groups attached to an aromatic ring is 1. The van der Waals surface area contributed by atoms with Crippen molar-refractivity contribution in [3.8, 4) is 0 Å². The van der Waals surface area contributed by atoms with Crippen molar-refractivity contribution in [3.63, 3.8) is 0 Å². The van der Waals surface area contributed by atoms with Gasteiger partial charge in [0.05, 0.1) is 3.57 Å². The van der Waals surface area contributed by atoms with Crippen LogP contribution in [0.25, 0.3) is 0 Å². The van der Waals surface area contributed by atoms with Crippen LogP contribution in [0.1, 0.15) is 12.1 Å². The minimum absolute atomic E-state index is 0.275. The number of nitrogens with two attached hydrogens (primary N) is 1. The summed E-state index contributed by atoms with van der Waals surface area (Å²) in [5.74, 6) is 0. The van der Waals surface area contributed by atoms with Gasteiger partial charge in [0.1, 0.15) is 5.69 Å². The predicted octanol–water partition coefficient (Wildman–Crippen LogP) is 2.21. The molecule has 0 spiro atoms. The number of hydrogen-bond donors (Lipinski definition) is 1. The average Bonchev–Trinajstić information content (AvgIpc) is 1.94. The fraction of sp³-hybridized carbons (Fsp3) is 0.167. The van der Waals surface area contributed by atoms with Crippen molar-refractivity contribution in [2.24, 2.45) is 0 Å². The van der Waals surface area contributed by atoms with Gasteiger partial charge in [0.15, 0.2) is 0 Å². The topological polar surface area (TPSA) is 38.9 Å². The van der Waals surface area contributed by atoms with Crippen molar-refractivity contribution >= 4 is 28.3 Å². The van der Waals surface area contributed by atoms with Crippen molar-refractivity contribution in [1.29, 1.82) is 0 Å². The molecule has 60 valence electrons. The fourth-order valence-corrected chi connectivity index (χ4v) is 0.886. The third-order valence-electron chi connectivity index (χ3n) is 1.13. The summed E-state index contributed by atoms with van der Waals surface area (Å²) in [5.41, 5.74) is 5.45. The minimum Gasteiger partial charge on any atom is -0.398 e. The molecule has 2 N–H and O–H groups in total. The van der Waals surface area contributed by atoms with Crippen molar-refractivity contribution in [3.05, 3.63) is 21.5 Å². The standard InChI is InChI=1S/C6H5F2IN2/c7-6(8)5-1-4(10)3(9)2-11-5/h1-2,6H,(H2,10,11). The molecule has 5 heteroatoms. The van der Waals surface area contributed by atoms with Crippen LogP contribution in [0, 0.1) is 3.57 Å². The molecule has 0 fully saturated rings. The summed E-state index contributed by atoms with van der Waals surface area (Å²) < 4.78 is 24.6. The highest BCUT2D eigenvalue weighted by Crippen LogP contribution is 2.21. The van der Waals surface area contributed by atoms with Crippen LogP contribution >= 0.6 is 22.6 Å². The Morgan fingerprint density at radius 3 is 2.64 bits per heavy atom. The van der Waals surface area contributed by atoms with Gasteiger partial charge in [-0.25, -0.2) is 8.78 Å². The van der Waals surface area contributed by atoms with E-state index in [1.54, 1.807) is 0 Å². The van der Waals surface area contributed by atoms with Gasteiger partial charge in [0, 0.05) is 11.9 Å². The Kier molecular flexibility index (Phi) is 2.58. The summed E-state index contributed by atoms with van der Waals surface area (Å²) in [6.07, 6.45) is -1.22. The number of alkyl halides is 2. The van der Waals surface area contributed by atoms with Crippen molar-refractivity contribution < 1.29 is 8.78 Å². The SMILES string of the molecule is Nc1cc(C(F)F)ncc1I. The minimum atomic E-state index is -2.55. The van der Waals surface area contributed by atoms with Crippen LogP contribution in [0.5, 0.6) is 0 Å². The third kappa shape index (κ3) is 1.98. The number of hydrogen-bond acceptors (Lipinski definition) is 2. The number of pyridine rings is 1. The van der Waals surface area contributed by atoms with E-state index in [4.69, 9.17) is 5.73 Å². The molecule has 2 nitrogen and oxygen atoms in total. The van der Waals surface area contributed by atoms with Crippen LogP contribution in [0.2, 0.25) is 0 Å².